The summed E-state index contributed by atoms with van der Waals surface area (Å²) in [5, 5.41) is 7.25. The van der Waals surface area contributed by atoms with Gasteiger partial charge in [-0.1, -0.05) is 18.2 Å². The molecule has 4 nitrogen and oxygen atoms in total. The lowest BCUT2D eigenvalue weighted by Crippen LogP contribution is -2.16. The number of aryl methyl sites for hydroxylation is 3. The van der Waals surface area contributed by atoms with E-state index in [0.717, 1.165) is 26.1 Å². The highest BCUT2D eigenvalue weighted by Gasteiger charge is 2.09. The van der Waals surface area contributed by atoms with Gasteiger partial charge in [0.2, 0.25) is 5.91 Å². The number of nitrogens with one attached hydrogen (secondary N) is 1. The molecule has 106 valence electrons. The second-order valence-corrected chi connectivity index (χ2v) is 6.03. The van der Waals surface area contributed by atoms with Crippen LogP contribution in [0.3, 0.4) is 0 Å². The summed E-state index contributed by atoms with van der Waals surface area (Å²) in [7, 11) is 0. The van der Waals surface area contributed by atoms with E-state index in [2.05, 4.69) is 33.0 Å². The van der Waals surface area contributed by atoms with Crippen LogP contribution in [-0.2, 0) is 11.3 Å². The molecule has 2 rings (SSSR count). The molecule has 0 atom stereocenters. The Labute approximate surface area is 132 Å². The fourth-order valence-electron chi connectivity index (χ4n) is 2.07. The maximum absolute atomic E-state index is 12.1. The molecule has 0 radical (unpaired) electrons. The summed E-state index contributed by atoms with van der Waals surface area (Å²) < 4.78 is 2.99. The summed E-state index contributed by atoms with van der Waals surface area (Å²) >= 11 is 2.25. The number of rotatable bonds is 4. The van der Waals surface area contributed by atoms with Crippen LogP contribution < -0.4 is 5.32 Å². The summed E-state index contributed by atoms with van der Waals surface area (Å²) in [5.74, 6) is 0.0207. The highest BCUT2D eigenvalue weighted by atomic mass is 127. The van der Waals surface area contributed by atoms with Crippen LogP contribution in [0.1, 0.15) is 23.2 Å². The van der Waals surface area contributed by atoms with Crippen molar-refractivity contribution < 1.29 is 4.79 Å². The van der Waals surface area contributed by atoms with Gasteiger partial charge >= 0.3 is 0 Å². The molecule has 0 aliphatic rings. The normalized spacial score (nSPS) is 10.6. The molecule has 0 unspecified atom stereocenters. The van der Waals surface area contributed by atoms with Gasteiger partial charge in [-0.25, -0.2) is 0 Å². The Morgan fingerprint density at radius 3 is 2.50 bits per heavy atom. The van der Waals surface area contributed by atoms with Gasteiger partial charge in [-0.2, -0.15) is 5.10 Å². The molecular formula is C15H18IN3O. The molecule has 0 saturated heterocycles. The Kier molecular flexibility index (Phi) is 4.80. The van der Waals surface area contributed by atoms with E-state index in [0.29, 0.717) is 13.0 Å². The van der Waals surface area contributed by atoms with Crippen LogP contribution in [0.4, 0.5) is 5.69 Å². The Morgan fingerprint density at radius 2 is 1.95 bits per heavy atom. The van der Waals surface area contributed by atoms with Crippen molar-refractivity contribution in [2.75, 3.05) is 5.32 Å². The fraction of sp³-hybridized carbons (Fsp3) is 0.333. The minimum atomic E-state index is 0.0207. The molecule has 1 N–H and O–H groups in total. The summed E-state index contributed by atoms with van der Waals surface area (Å²) in [6.07, 6.45) is 2.24. The van der Waals surface area contributed by atoms with Gasteiger partial charge in [0.05, 0.1) is 16.3 Å². The lowest BCUT2D eigenvalue weighted by Gasteiger charge is -2.11. The molecule has 0 aliphatic heterocycles. The van der Waals surface area contributed by atoms with Gasteiger partial charge in [-0.05, 0) is 54.5 Å². The average molecular weight is 383 g/mol. The van der Waals surface area contributed by atoms with Crippen LogP contribution in [0, 0.1) is 24.3 Å². The van der Waals surface area contributed by atoms with Crippen LogP contribution in [0.25, 0.3) is 0 Å². The smallest absolute Gasteiger partial charge is 0.226 e. The number of nitrogens with zero attached hydrogens (tertiary/aromatic N) is 2. The number of hydrogen-bond donors (Lipinski definition) is 1. The minimum Gasteiger partial charge on any atom is -0.326 e. The van der Waals surface area contributed by atoms with Gasteiger partial charge in [0.15, 0.2) is 0 Å². The number of amides is 1. The molecule has 2 aromatic rings. The number of halogens is 1. The molecule has 0 saturated carbocycles. The molecule has 1 aromatic heterocycles. The Balaban J connectivity index is 1.98. The standard InChI is InChI=1S/C15H18IN3O/c1-10-5-4-6-11(2)15(10)18-14(20)7-8-19-12(3)13(16)9-17-19/h4-6,9H,7-8H2,1-3H3,(H,18,20). The summed E-state index contributed by atoms with van der Waals surface area (Å²) in [6.45, 7) is 6.62. The van der Waals surface area contributed by atoms with Crippen LogP contribution >= 0.6 is 22.6 Å². The zero-order valence-corrected chi connectivity index (χ0v) is 14.1. The van der Waals surface area contributed by atoms with Gasteiger partial charge in [0.1, 0.15) is 0 Å². The van der Waals surface area contributed by atoms with Crippen LogP contribution in [-0.4, -0.2) is 15.7 Å². The molecule has 20 heavy (non-hydrogen) atoms. The number of hydrogen-bond acceptors (Lipinski definition) is 2. The third-order valence-electron chi connectivity index (χ3n) is 3.34. The zero-order chi connectivity index (χ0) is 14.7. The summed E-state index contributed by atoms with van der Waals surface area (Å²) in [6, 6.07) is 6.00. The van der Waals surface area contributed by atoms with Gasteiger partial charge in [-0.3, -0.25) is 9.48 Å². The lowest BCUT2D eigenvalue weighted by atomic mass is 10.1. The third-order valence-corrected chi connectivity index (χ3v) is 4.40. The second-order valence-electron chi connectivity index (χ2n) is 4.87. The topological polar surface area (TPSA) is 46.9 Å². The molecule has 1 aromatic carbocycles. The SMILES string of the molecule is Cc1cccc(C)c1NC(=O)CCn1ncc(I)c1C. The predicted molar refractivity (Wildman–Crippen MR) is 88.8 cm³/mol. The number of para-hydroxylation sites is 1. The first-order valence-electron chi connectivity index (χ1n) is 6.53. The van der Waals surface area contributed by atoms with E-state index in [1.165, 1.54) is 0 Å². The third kappa shape index (κ3) is 3.39. The highest BCUT2D eigenvalue weighted by Crippen LogP contribution is 2.19. The highest BCUT2D eigenvalue weighted by molar-refractivity contribution is 14.1. The number of anilines is 1. The van der Waals surface area contributed by atoms with Crippen molar-refractivity contribution >= 4 is 34.2 Å². The molecular weight excluding hydrogens is 365 g/mol. The number of carbonyl (C=O) groups excluding carboxylic acids is 1. The van der Waals surface area contributed by atoms with E-state index >= 15 is 0 Å². The predicted octanol–water partition coefficient (Wildman–Crippen LogP) is 3.44. The van der Waals surface area contributed by atoms with Gasteiger partial charge in [0, 0.05) is 17.8 Å². The van der Waals surface area contributed by atoms with Crippen molar-refractivity contribution in [1.82, 2.24) is 9.78 Å². The monoisotopic (exact) mass is 383 g/mol. The number of aromatic nitrogens is 2. The molecule has 0 bridgehead atoms. The molecule has 0 aliphatic carbocycles. The molecule has 1 amide bonds. The average Bonchev–Trinajstić information content (AvgIpc) is 2.72. The first-order chi connectivity index (χ1) is 9.49. The van der Waals surface area contributed by atoms with Crippen molar-refractivity contribution in [3.05, 3.63) is 44.8 Å². The van der Waals surface area contributed by atoms with Crippen molar-refractivity contribution in [1.29, 1.82) is 0 Å². The lowest BCUT2D eigenvalue weighted by molar-refractivity contribution is -0.116. The Hall–Kier alpha value is -1.37. The van der Waals surface area contributed by atoms with Crippen molar-refractivity contribution in [2.24, 2.45) is 0 Å². The van der Waals surface area contributed by atoms with E-state index in [-0.39, 0.29) is 5.91 Å². The van der Waals surface area contributed by atoms with Crippen molar-refractivity contribution in [2.45, 2.75) is 33.7 Å². The van der Waals surface area contributed by atoms with Crippen LogP contribution in [0.15, 0.2) is 24.4 Å². The second kappa shape index (κ2) is 6.39. The number of carbonyl (C=O) groups is 1. The van der Waals surface area contributed by atoms with Gasteiger partial charge in [0.25, 0.3) is 0 Å². The summed E-state index contributed by atoms with van der Waals surface area (Å²) in [5.41, 5.74) is 4.20. The summed E-state index contributed by atoms with van der Waals surface area (Å²) in [4.78, 5) is 12.1. The van der Waals surface area contributed by atoms with E-state index in [4.69, 9.17) is 0 Å². The van der Waals surface area contributed by atoms with Crippen molar-refractivity contribution in [3.8, 4) is 0 Å². The fourth-order valence-corrected chi connectivity index (χ4v) is 2.47. The van der Waals surface area contributed by atoms with Gasteiger partial charge < -0.3 is 5.32 Å². The maximum Gasteiger partial charge on any atom is 0.226 e. The maximum atomic E-state index is 12.1. The van der Waals surface area contributed by atoms with Crippen LogP contribution in [0.2, 0.25) is 0 Å². The first kappa shape index (κ1) is 15.0. The minimum absolute atomic E-state index is 0.0207. The molecule has 0 spiro atoms. The molecule has 1 heterocycles. The largest absolute Gasteiger partial charge is 0.326 e. The van der Waals surface area contributed by atoms with E-state index in [1.807, 2.05) is 49.8 Å². The Bertz CT molecular complexity index is 614. The zero-order valence-electron chi connectivity index (χ0n) is 11.9. The molecule has 0 fully saturated rings. The van der Waals surface area contributed by atoms with E-state index in [1.54, 1.807) is 0 Å². The molecule has 5 heteroatoms. The van der Waals surface area contributed by atoms with Crippen LogP contribution in [0.5, 0.6) is 0 Å². The van der Waals surface area contributed by atoms with Gasteiger partial charge in [-0.15, -0.1) is 0 Å². The van der Waals surface area contributed by atoms with E-state index < -0.39 is 0 Å². The number of benzene rings is 1. The quantitative estimate of drug-likeness (QED) is 0.823. The first-order valence-corrected chi connectivity index (χ1v) is 7.61. The Morgan fingerprint density at radius 1 is 1.30 bits per heavy atom. The van der Waals surface area contributed by atoms with E-state index in [9.17, 15) is 4.79 Å². The van der Waals surface area contributed by atoms with Crippen molar-refractivity contribution in [3.63, 3.8) is 0 Å².